The molecule has 0 spiro atoms. The van der Waals surface area contributed by atoms with E-state index >= 15 is 0 Å². The first kappa shape index (κ1) is 21.0. The number of methoxy groups -OCH3 is 1. The lowest BCUT2D eigenvalue weighted by molar-refractivity contribution is -0.688. The van der Waals surface area contributed by atoms with E-state index < -0.39 is 0 Å². The molecule has 0 bridgehead atoms. The Hall–Kier alpha value is -2.05. The molecule has 0 saturated carbocycles. The summed E-state index contributed by atoms with van der Waals surface area (Å²) < 4.78 is 6.81. The predicted octanol–water partition coefficient (Wildman–Crippen LogP) is -3.70. The van der Waals surface area contributed by atoms with Crippen molar-refractivity contribution in [3.05, 3.63) is 84.4 Å². The molecule has 0 unspecified atom stereocenters. The molecule has 4 nitrogen and oxygen atoms in total. The zero-order valence-electron chi connectivity index (χ0n) is 13.7. The van der Waals surface area contributed by atoms with Gasteiger partial charge in [-0.2, -0.15) is 0 Å². The van der Waals surface area contributed by atoms with E-state index in [0.29, 0.717) is 5.56 Å². The van der Waals surface area contributed by atoms with Crippen molar-refractivity contribution in [1.29, 1.82) is 0 Å². The summed E-state index contributed by atoms with van der Waals surface area (Å²) in [7, 11) is 1.39. The van der Waals surface area contributed by atoms with E-state index in [1.807, 2.05) is 36.7 Å². The molecule has 6 heteroatoms. The van der Waals surface area contributed by atoms with Crippen molar-refractivity contribution in [3.63, 3.8) is 0 Å². The quantitative estimate of drug-likeness (QED) is 0.294. The van der Waals surface area contributed by atoms with Gasteiger partial charge in [-0.3, -0.25) is 0 Å². The molecule has 130 valence electrons. The van der Waals surface area contributed by atoms with E-state index in [0.717, 1.165) is 12.1 Å². The van der Waals surface area contributed by atoms with Crippen LogP contribution in [0.25, 0.3) is 11.1 Å². The lowest BCUT2D eigenvalue weighted by Crippen LogP contribution is -3.00. The fourth-order valence-corrected chi connectivity index (χ4v) is 2.41. The van der Waals surface area contributed by atoms with Gasteiger partial charge >= 0.3 is 5.97 Å². The lowest BCUT2D eigenvalue weighted by atomic mass is 10.1. The second-order valence-corrected chi connectivity index (χ2v) is 5.24. The molecule has 3 aromatic rings. The summed E-state index contributed by atoms with van der Waals surface area (Å²) in [5, 5.41) is 0. The summed E-state index contributed by atoms with van der Waals surface area (Å²) in [6, 6.07) is 15.8. The van der Waals surface area contributed by atoms with E-state index in [9.17, 15) is 4.79 Å². The number of aromatic nitrogens is 2. The van der Waals surface area contributed by atoms with Crippen LogP contribution in [-0.4, -0.2) is 13.1 Å². The van der Waals surface area contributed by atoms with Crippen LogP contribution in [0.5, 0.6) is 0 Å². The molecule has 2 heterocycles. The van der Waals surface area contributed by atoms with Crippen molar-refractivity contribution in [1.82, 2.24) is 0 Å². The van der Waals surface area contributed by atoms with Crippen LogP contribution in [-0.2, 0) is 11.3 Å². The molecular weight excluding hydrogens is 448 g/mol. The number of halogens is 2. The standard InChI is InChI=1S/C19H17N2O2.2BrH/c1-23-19(22)18-4-2-15(3-5-18)14-21-12-8-17(9-13-21)16-6-10-20-11-7-16;;/h2-13H,14H2,1H3;2*1H/q+1;;/p-1. The van der Waals surface area contributed by atoms with Crippen LogP contribution < -0.4 is 43.5 Å². The van der Waals surface area contributed by atoms with Crippen molar-refractivity contribution in [2.24, 2.45) is 0 Å². The molecule has 1 N–H and O–H groups in total. The normalized spacial score (nSPS) is 9.48. The van der Waals surface area contributed by atoms with Gasteiger partial charge in [0.1, 0.15) is 0 Å². The first-order valence-electron chi connectivity index (χ1n) is 7.39. The summed E-state index contributed by atoms with van der Waals surface area (Å²) in [5.41, 5.74) is 4.05. The Kier molecular flexibility index (Phi) is 8.45. The highest BCUT2D eigenvalue weighted by molar-refractivity contribution is 5.89. The first-order chi connectivity index (χ1) is 11.3. The highest BCUT2D eigenvalue weighted by Gasteiger charge is 2.07. The number of rotatable bonds is 4. The summed E-state index contributed by atoms with van der Waals surface area (Å²) in [6.07, 6.45) is 7.94. The van der Waals surface area contributed by atoms with Gasteiger partial charge in [-0.15, -0.1) is 0 Å². The van der Waals surface area contributed by atoms with Gasteiger partial charge in [0.25, 0.3) is 0 Å². The van der Waals surface area contributed by atoms with Crippen molar-refractivity contribution in [2.45, 2.75) is 6.54 Å². The maximum Gasteiger partial charge on any atom is 0.337 e. The molecule has 2 aromatic heterocycles. The number of pyridine rings is 2. The monoisotopic (exact) mass is 464 g/mol. The zero-order chi connectivity index (χ0) is 16.1. The highest BCUT2D eigenvalue weighted by atomic mass is 79.9. The number of nitrogens with zero attached hydrogens (tertiary/aromatic N) is 1. The highest BCUT2D eigenvalue weighted by Crippen LogP contribution is 2.15. The van der Waals surface area contributed by atoms with Gasteiger partial charge in [-0.25, -0.2) is 14.3 Å². The van der Waals surface area contributed by atoms with Crippen LogP contribution in [0.1, 0.15) is 15.9 Å². The molecule has 0 aliphatic carbocycles. The van der Waals surface area contributed by atoms with E-state index in [1.54, 1.807) is 12.1 Å². The minimum Gasteiger partial charge on any atom is -1.00 e. The third-order valence-corrected chi connectivity index (χ3v) is 3.68. The SMILES string of the molecule is COC(=O)c1ccc(C[n+]2ccc(-c3cc[nH+]cc3)cc2)cc1.[Br-].[Br-]. The first-order valence-corrected chi connectivity index (χ1v) is 7.39. The molecule has 0 fully saturated rings. The minimum atomic E-state index is -0.311. The van der Waals surface area contributed by atoms with Crippen molar-refractivity contribution in [3.8, 4) is 11.1 Å². The Bertz CT molecular complexity index is 792. The number of carbonyl (C=O) groups excluding carboxylic acids is 1. The molecule has 0 radical (unpaired) electrons. The van der Waals surface area contributed by atoms with Crippen LogP contribution in [0.15, 0.2) is 73.3 Å². The Morgan fingerprint density at radius 2 is 1.48 bits per heavy atom. The molecule has 0 aliphatic heterocycles. The third kappa shape index (κ3) is 5.47. The number of ether oxygens (including phenoxy) is 1. The predicted molar refractivity (Wildman–Crippen MR) is 85.5 cm³/mol. The average molecular weight is 466 g/mol. The molecule has 0 aliphatic rings. The summed E-state index contributed by atoms with van der Waals surface area (Å²) >= 11 is 0. The Morgan fingerprint density at radius 3 is 2.04 bits per heavy atom. The fourth-order valence-electron chi connectivity index (χ4n) is 2.41. The van der Waals surface area contributed by atoms with Gasteiger partial charge in [0, 0.05) is 29.8 Å². The average Bonchev–Trinajstić information content (AvgIpc) is 2.63. The molecule has 25 heavy (non-hydrogen) atoms. The van der Waals surface area contributed by atoms with Gasteiger partial charge in [0.15, 0.2) is 31.3 Å². The van der Waals surface area contributed by atoms with E-state index in [4.69, 9.17) is 4.74 Å². The Balaban J connectivity index is 0.00000156. The fraction of sp³-hybridized carbons (Fsp3) is 0.105. The molecule has 3 rings (SSSR count). The van der Waals surface area contributed by atoms with Gasteiger partial charge < -0.3 is 38.7 Å². The zero-order valence-corrected chi connectivity index (χ0v) is 16.8. The molecule has 1 aromatic carbocycles. The van der Waals surface area contributed by atoms with Crippen molar-refractivity contribution >= 4 is 5.97 Å². The maximum atomic E-state index is 11.4. The summed E-state index contributed by atoms with van der Waals surface area (Å²) in [4.78, 5) is 14.5. The lowest BCUT2D eigenvalue weighted by Gasteiger charge is -2.02. The number of H-pyrrole nitrogens is 1. The number of esters is 1. The molecular formula is C19H18Br2N2O2. The number of aromatic amines is 1. The Morgan fingerprint density at radius 1 is 0.920 bits per heavy atom. The number of nitrogens with one attached hydrogen (secondary N) is 1. The van der Waals surface area contributed by atoms with Gasteiger partial charge in [-0.05, 0) is 23.3 Å². The maximum absolute atomic E-state index is 11.4. The topological polar surface area (TPSA) is 44.3 Å². The largest absolute Gasteiger partial charge is 1.00 e. The number of hydrogen-bond donors (Lipinski definition) is 0. The second-order valence-electron chi connectivity index (χ2n) is 5.24. The third-order valence-electron chi connectivity index (χ3n) is 3.68. The van der Waals surface area contributed by atoms with Crippen LogP contribution in [0.4, 0.5) is 0 Å². The van der Waals surface area contributed by atoms with Crippen LogP contribution in [0, 0.1) is 0 Å². The number of hydrogen-bond acceptors (Lipinski definition) is 2. The van der Waals surface area contributed by atoms with Crippen LogP contribution in [0.2, 0.25) is 0 Å². The second kappa shape index (κ2) is 10.1. The minimum absolute atomic E-state index is 0. The van der Waals surface area contributed by atoms with E-state index in [-0.39, 0.29) is 39.9 Å². The van der Waals surface area contributed by atoms with E-state index in [1.165, 1.54) is 18.2 Å². The molecule has 0 atom stereocenters. The summed E-state index contributed by atoms with van der Waals surface area (Å²) in [6.45, 7) is 0.754. The Labute approximate surface area is 168 Å². The van der Waals surface area contributed by atoms with Gasteiger partial charge in [0.2, 0.25) is 0 Å². The van der Waals surface area contributed by atoms with Crippen LogP contribution >= 0.6 is 0 Å². The van der Waals surface area contributed by atoms with Gasteiger partial charge in [-0.1, -0.05) is 12.1 Å². The van der Waals surface area contributed by atoms with Gasteiger partial charge in [0.05, 0.1) is 12.7 Å². The number of carbonyl (C=O) groups is 1. The number of benzene rings is 1. The van der Waals surface area contributed by atoms with Crippen LogP contribution in [0.3, 0.4) is 0 Å². The molecule has 0 amide bonds. The summed E-state index contributed by atoms with van der Waals surface area (Å²) in [5.74, 6) is -0.311. The smallest absolute Gasteiger partial charge is 0.337 e. The van der Waals surface area contributed by atoms with Crippen molar-refractivity contribution < 1.29 is 53.0 Å². The van der Waals surface area contributed by atoms with E-state index in [2.05, 4.69) is 34.1 Å². The van der Waals surface area contributed by atoms with Crippen molar-refractivity contribution in [2.75, 3.05) is 7.11 Å². The molecule has 0 saturated heterocycles.